The number of hydrogen-bond donors (Lipinski definition) is 2. The normalized spacial score (nSPS) is 11.9. The number of nitrogens with two attached hydrogens (primary N) is 2. The molecule has 5 nitrogen and oxygen atoms in total. The highest BCUT2D eigenvalue weighted by atomic mass is 32.2. The zero-order valence-corrected chi connectivity index (χ0v) is 12.1. The Morgan fingerprint density at radius 1 is 1.33 bits per heavy atom. The van der Waals surface area contributed by atoms with Gasteiger partial charge >= 0.3 is 0 Å². The Morgan fingerprint density at radius 2 is 1.89 bits per heavy atom. The van der Waals surface area contributed by atoms with Crippen LogP contribution in [-0.2, 0) is 10.0 Å². The van der Waals surface area contributed by atoms with Crippen LogP contribution in [0.1, 0.15) is 26.3 Å². The van der Waals surface area contributed by atoms with Gasteiger partial charge in [0.1, 0.15) is 0 Å². The van der Waals surface area contributed by atoms with E-state index >= 15 is 0 Å². The van der Waals surface area contributed by atoms with Crippen molar-refractivity contribution in [1.29, 1.82) is 0 Å². The van der Waals surface area contributed by atoms with E-state index in [2.05, 4.69) is 4.90 Å². The fourth-order valence-electron chi connectivity index (χ4n) is 2.10. The van der Waals surface area contributed by atoms with Gasteiger partial charge in [-0.1, -0.05) is 0 Å². The van der Waals surface area contributed by atoms with Crippen LogP contribution in [0.4, 0.5) is 11.4 Å². The van der Waals surface area contributed by atoms with E-state index < -0.39 is 10.0 Å². The zero-order valence-electron chi connectivity index (χ0n) is 11.3. The van der Waals surface area contributed by atoms with Crippen molar-refractivity contribution in [2.24, 2.45) is 5.14 Å². The molecule has 6 heteroatoms. The Balaban J connectivity index is 3.52. The molecule has 0 aromatic heterocycles. The highest BCUT2D eigenvalue weighted by Crippen LogP contribution is 2.30. The summed E-state index contributed by atoms with van der Waals surface area (Å²) in [7, 11) is -3.75. The van der Waals surface area contributed by atoms with Gasteiger partial charge in [-0.05, 0) is 45.4 Å². The second-order valence-electron chi connectivity index (χ2n) is 4.59. The Hall–Kier alpha value is -1.27. The Bertz CT molecular complexity index is 538. The summed E-state index contributed by atoms with van der Waals surface area (Å²) in [5.41, 5.74) is 7.63. The van der Waals surface area contributed by atoms with Crippen LogP contribution in [0.15, 0.2) is 17.0 Å². The summed E-state index contributed by atoms with van der Waals surface area (Å²) in [5, 5.41) is 5.21. The molecular weight excluding hydrogens is 250 g/mol. The van der Waals surface area contributed by atoms with Crippen molar-refractivity contribution >= 4 is 21.4 Å². The number of hydrogen-bond acceptors (Lipinski definition) is 4. The van der Waals surface area contributed by atoms with Crippen LogP contribution in [0.25, 0.3) is 0 Å². The lowest BCUT2D eigenvalue weighted by Gasteiger charge is -2.30. The lowest BCUT2D eigenvalue weighted by molar-refractivity contribution is 0.597. The molecule has 0 saturated carbocycles. The molecule has 1 rings (SSSR count). The van der Waals surface area contributed by atoms with E-state index in [9.17, 15) is 8.42 Å². The Morgan fingerprint density at radius 3 is 2.28 bits per heavy atom. The van der Waals surface area contributed by atoms with Gasteiger partial charge in [-0.3, -0.25) is 0 Å². The van der Waals surface area contributed by atoms with Crippen LogP contribution in [0.2, 0.25) is 0 Å². The minimum absolute atomic E-state index is 0.0941. The molecular formula is C12H21N3O2S. The third-order valence-electron chi connectivity index (χ3n) is 2.93. The lowest BCUT2D eigenvalue weighted by Crippen LogP contribution is -2.31. The van der Waals surface area contributed by atoms with Gasteiger partial charge in [-0.2, -0.15) is 0 Å². The molecule has 1 aromatic carbocycles. The fourth-order valence-corrected chi connectivity index (χ4v) is 2.93. The number of anilines is 2. The van der Waals surface area contributed by atoms with Crippen molar-refractivity contribution in [3.63, 3.8) is 0 Å². The van der Waals surface area contributed by atoms with E-state index in [1.807, 2.05) is 20.8 Å². The van der Waals surface area contributed by atoms with Gasteiger partial charge in [0.2, 0.25) is 10.0 Å². The average molecular weight is 271 g/mol. The molecule has 0 unspecified atom stereocenters. The molecule has 0 spiro atoms. The van der Waals surface area contributed by atoms with Gasteiger partial charge in [0.05, 0.1) is 4.90 Å². The van der Waals surface area contributed by atoms with Crippen molar-refractivity contribution in [3.8, 4) is 0 Å². The van der Waals surface area contributed by atoms with E-state index in [-0.39, 0.29) is 10.9 Å². The summed E-state index contributed by atoms with van der Waals surface area (Å²) in [6, 6.07) is 3.44. The minimum Gasteiger partial charge on any atom is -0.399 e. The van der Waals surface area contributed by atoms with Gasteiger partial charge < -0.3 is 10.6 Å². The molecule has 102 valence electrons. The fraction of sp³-hybridized carbons (Fsp3) is 0.500. The molecule has 18 heavy (non-hydrogen) atoms. The summed E-state index contributed by atoms with van der Waals surface area (Å²) in [6.45, 7) is 8.62. The van der Waals surface area contributed by atoms with Crippen molar-refractivity contribution in [2.45, 2.75) is 38.6 Å². The molecule has 0 bridgehead atoms. The van der Waals surface area contributed by atoms with Crippen LogP contribution in [-0.4, -0.2) is 21.0 Å². The summed E-state index contributed by atoms with van der Waals surface area (Å²) in [4.78, 5) is 2.18. The minimum atomic E-state index is -3.75. The number of sulfonamides is 1. The maximum Gasteiger partial charge on any atom is 0.238 e. The predicted molar refractivity (Wildman–Crippen MR) is 75.1 cm³/mol. The molecule has 0 heterocycles. The summed E-state index contributed by atoms with van der Waals surface area (Å²) < 4.78 is 23.1. The number of benzene rings is 1. The van der Waals surface area contributed by atoms with Gasteiger partial charge in [0.15, 0.2) is 0 Å². The van der Waals surface area contributed by atoms with Crippen LogP contribution in [0.3, 0.4) is 0 Å². The molecule has 0 radical (unpaired) electrons. The first-order chi connectivity index (χ1) is 8.18. The molecule has 0 aliphatic heterocycles. The van der Waals surface area contributed by atoms with Crippen LogP contribution in [0.5, 0.6) is 0 Å². The van der Waals surface area contributed by atoms with Crippen LogP contribution >= 0.6 is 0 Å². The van der Waals surface area contributed by atoms with Crippen molar-refractivity contribution in [2.75, 3.05) is 17.2 Å². The van der Waals surface area contributed by atoms with E-state index in [1.165, 1.54) is 6.07 Å². The number of primary sulfonamides is 1. The van der Waals surface area contributed by atoms with Crippen molar-refractivity contribution < 1.29 is 8.42 Å². The van der Waals surface area contributed by atoms with Gasteiger partial charge in [-0.25, -0.2) is 13.6 Å². The first kappa shape index (κ1) is 14.8. The van der Waals surface area contributed by atoms with Crippen LogP contribution < -0.4 is 15.8 Å². The quantitative estimate of drug-likeness (QED) is 0.811. The molecule has 1 aromatic rings. The standard InChI is InChI=1S/C12H21N3O2S/c1-5-15(8(2)3)11-6-10(13)7-12(9(11)4)18(14,16)17/h6-8H,5,13H2,1-4H3,(H2,14,16,17). The third-order valence-corrected chi connectivity index (χ3v) is 3.97. The van der Waals surface area contributed by atoms with Crippen molar-refractivity contribution in [1.82, 2.24) is 0 Å². The first-order valence-electron chi connectivity index (χ1n) is 5.88. The highest BCUT2D eigenvalue weighted by Gasteiger charge is 2.19. The van der Waals surface area contributed by atoms with Gasteiger partial charge in [0, 0.05) is 24.0 Å². The van der Waals surface area contributed by atoms with Gasteiger partial charge in [0.25, 0.3) is 0 Å². The molecule has 0 amide bonds. The number of nitrogen functional groups attached to an aromatic ring is 1. The molecule has 0 aliphatic rings. The average Bonchev–Trinajstić information content (AvgIpc) is 2.21. The smallest absolute Gasteiger partial charge is 0.238 e. The van der Waals surface area contributed by atoms with E-state index in [0.29, 0.717) is 11.3 Å². The molecule has 0 fully saturated rings. The topological polar surface area (TPSA) is 89.4 Å². The van der Waals surface area contributed by atoms with Crippen molar-refractivity contribution in [3.05, 3.63) is 17.7 Å². The third kappa shape index (κ3) is 2.94. The summed E-state index contributed by atoms with van der Waals surface area (Å²) in [5.74, 6) is 0. The van der Waals surface area contributed by atoms with E-state index in [4.69, 9.17) is 10.9 Å². The molecule has 0 saturated heterocycles. The SMILES string of the molecule is CCN(c1cc(N)cc(S(N)(=O)=O)c1C)C(C)C. The maximum absolute atomic E-state index is 11.5. The van der Waals surface area contributed by atoms with E-state index in [0.717, 1.165) is 12.2 Å². The molecule has 0 atom stereocenters. The van der Waals surface area contributed by atoms with E-state index in [1.54, 1.807) is 13.0 Å². The first-order valence-corrected chi connectivity index (χ1v) is 7.42. The number of rotatable bonds is 4. The second-order valence-corrected chi connectivity index (χ2v) is 6.12. The largest absolute Gasteiger partial charge is 0.399 e. The second kappa shape index (κ2) is 5.16. The van der Waals surface area contributed by atoms with Crippen LogP contribution in [0, 0.1) is 6.92 Å². The zero-order chi connectivity index (χ0) is 14.1. The summed E-state index contributed by atoms with van der Waals surface area (Å²) in [6.07, 6.45) is 0. The highest BCUT2D eigenvalue weighted by molar-refractivity contribution is 7.89. The Labute approximate surface area is 109 Å². The lowest BCUT2D eigenvalue weighted by atomic mass is 10.1. The monoisotopic (exact) mass is 271 g/mol. The molecule has 4 N–H and O–H groups in total. The predicted octanol–water partition coefficient (Wildman–Crippen LogP) is 1.46. The summed E-state index contributed by atoms with van der Waals surface area (Å²) >= 11 is 0. The number of nitrogens with zero attached hydrogens (tertiary/aromatic N) is 1. The molecule has 0 aliphatic carbocycles. The van der Waals surface area contributed by atoms with Gasteiger partial charge in [-0.15, -0.1) is 0 Å². The maximum atomic E-state index is 11.5. The Kier molecular flexibility index (Phi) is 4.24.